The molecule has 0 aliphatic heterocycles. The lowest BCUT2D eigenvalue weighted by molar-refractivity contribution is 0.102. The molecule has 0 spiro atoms. The summed E-state index contributed by atoms with van der Waals surface area (Å²) in [5, 5.41) is 2.29. The average Bonchev–Trinajstić information content (AvgIpc) is 2.66. The van der Waals surface area contributed by atoms with Crippen LogP contribution in [0.1, 0.15) is 17.3 Å². The van der Waals surface area contributed by atoms with Gasteiger partial charge in [-0.3, -0.25) is 9.59 Å². The zero-order chi connectivity index (χ0) is 20.3. The number of carbonyl (C=O) groups excluding carboxylic acids is 1. The zero-order valence-electron chi connectivity index (χ0n) is 14.7. The van der Waals surface area contributed by atoms with E-state index in [-0.39, 0.29) is 16.9 Å². The summed E-state index contributed by atoms with van der Waals surface area (Å²) in [4.78, 5) is 39.5. The summed E-state index contributed by atoms with van der Waals surface area (Å²) in [5.74, 6) is -2.54. The highest BCUT2D eigenvalue weighted by atomic mass is 19.2. The molecule has 1 amide bonds. The molecule has 144 valence electrons. The molecule has 0 saturated carbocycles. The molecule has 9 heteroatoms. The fourth-order valence-electron chi connectivity index (χ4n) is 2.50. The number of amides is 1. The largest absolute Gasteiger partial charge is 0.494 e. The molecule has 0 unspecified atom stereocenters. The van der Waals surface area contributed by atoms with Crippen LogP contribution in [0.25, 0.3) is 5.69 Å². The molecule has 0 fully saturated rings. The molecule has 0 bridgehead atoms. The number of hydrogen-bond acceptors (Lipinski definition) is 4. The van der Waals surface area contributed by atoms with Gasteiger partial charge in [-0.05, 0) is 43.3 Å². The third-order valence-electron chi connectivity index (χ3n) is 3.80. The van der Waals surface area contributed by atoms with Crippen LogP contribution in [0.2, 0.25) is 0 Å². The molecule has 0 atom stereocenters. The third-order valence-corrected chi connectivity index (χ3v) is 3.80. The summed E-state index contributed by atoms with van der Waals surface area (Å²) in [6.45, 7) is 2.28. The van der Waals surface area contributed by atoms with Gasteiger partial charge >= 0.3 is 5.69 Å². The third kappa shape index (κ3) is 3.83. The SMILES string of the molecule is CCOc1ccc(-n2c(=O)[nH]cc(C(=O)Nc3ccc(F)c(F)c3)c2=O)cc1. The van der Waals surface area contributed by atoms with Crippen molar-refractivity contribution < 1.29 is 18.3 Å². The van der Waals surface area contributed by atoms with Crippen LogP contribution in [0.5, 0.6) is 5.75 Å². The van der Waals surface area contributed by atoms with E-state index in [9.17, 15) is 23.2 Å². The summed E-state index contributed by atoms with van der Waals surface area (Å²) in [5.41, 5.74) is -1.79. The Morgan fingerprint density at radius 1 is 1.11 bits per heavy atom. The Hall–Kier alpha value is -3.75. The van der Waals surface area contributed by atoms with Crippen molar-refractivity contribution >= 4 is 11.6 Å². The number of benzene rings is 2. The fraction of sp³-hybridized carbons (Fsp3) is 0.105. The summed E-state index contributed by atoms with van der Waals surface area (Å²) in [6.07, 6.45) is 0.963. The Bertz CT molecular complexity index is 1140. The first-order valence-corrected chi connectivity index (χ1v) is 8.25. The maximum Gasteiger partial charge on any atom is 0.333 e. The topological polar surface area (TPSA) is 93.2 Å². The molecular formula is C19H15F2N3O4. The van der Waals surface area contributed by atoms with E-state index < -0.39 is 28.8 Å². The predicted octanol–water partition coefficient (Wildman–Crippen LogP) is 2.46. The van der Waals surface area contributed by atoms with Crippen LogP contribution in [0.15, 0.2) is 58.3 Å². The number of aromatic nitrogens is 2. The molecule has 1 aromatic heterocycles. The summed E-state index contributed by atoms with van der Waals surface area (Å²) in [6, 6.07) is 8.93. The van der Waals surface area contributed by atoms with E-state index in [0.717, 1.165) is 29.0 Å². The number of nitrogens with one attached hydrogen (secondary N) is 2. The molecule has 0 radical (unpaired) electrons. The Labute approximate surface area is 157 Å². The van der Waals surface area contributed by atoms with E-state index in [0.29, 0.717) is 12.4 Å². The van der Waals surface area contributed by atoms with E-state index in [4.69, 9.17) is 4.74 Å². The number of aromatic amines is 1. The molecule has 1 heterocycles. The van der Waals surface area contributed by atoms with Gasteiger partial charge in [0.25, 0.3) is 11.5 Å². The lowest BCUT2D eigenvalue weighted by Crippen LogP contribution is -2.38. The van der Waals surface area contributed by atoms with Crippen LogP contribution in [-0.2, 0) is 0 Å². The molecule has 0 aliphatic carbocycles. The molecule has 7 nitrogen and oxygen atoms in total. The van der Waals surface area contributed by atoms with Crippen molar-refractivity contribution in [1.82, 2.24) is 9.55 Å². The van der Waals surface area contributed by atoms with Gasteiger partial charge in [-0.15, -0.1) is 0 Å². The minimum Gasteiger partial charge on any atom is -0.494 e. The molecule has 3 aromatic rings. The minimum absolute atomic E-state index is 0.0397. The van der Waals surface area contributed by atoms with Gasteiger partial charge in [0.2, 0.25) is 0 Å². The number of ether oxygens (including phenoxy) is 1. The molecule has 2 aromatic carbocycles. The van der Waals surface area contributed by atoms with Gasteiger partial charge in [0.15, 0.2) is 11.6 Å². The highest BCUT2D eigenvalue weighted by molar-refractivity contribution is 6.03. The normalized spacial score (nSPS) is 10.5. The highest BCUT2D eigenvalue weighted by Gasteiger charge is 2.16. The van der Waals surface area contributed by atoms with Crippen molar-refractivity contribution in [3.05, 3.63) is 86.7 Å². The Balaban J connectivity index is 1.96. The quantitative estimate of drug-likeness (QED) is 0.703. The molecule has 3 rings (SSSR count). The van der Waals surface area contributed by atoms with Gasteiger partial charge in [0, 0.05) is 18.0 Å². The first-order chi connectivity index (χ1) is 13.4. The first kappa shape index (κ1) is 19.0. The number of hydrogen-bond donors (Lipinski definition) is 2. The van der Waals surface area contributed by atoms with E-state index in [2.05, 4.69) is 10.3 Å². The van der Waals surface area contributed by atoms with Crippen molar-refractivity contribution in [2.24, 2.45) is 0 Å². The van der Waals surface area contributed by atoms with Gasteiger partial charge < -0.3 is 15.0 Å². The van der Waals surface area contributed by atoms with Gasteiger partial charge in [-0.25, -0.2) is 18.1 Å². The number of rotatable bonds is 5. The van der Waals surface area contributed by atoms with Crippen LogP contribution in [0.4, 0.5) is 14.5 Å². The van der Waals surface area contributed by atoms with Crippen molar-refractivity contribution in [2.75, 3.05) is 11.9 Å². The van der Waals surface area contributed by atoms with Crippen molar-refractivity contribution in [1.29, 1.82) is 0 Å². The monoisotopic (exact) mass is 387 g/mol. The summed E-state index contributed by atoms with van der Waals surface area (Å²) in [7, 11) is 0. The summed E-state index contributed by atoms with van der Waals surface area (Å²) >= 11 is 0. The van der Waals surface area contributed by atoms with Gasteiger partial charge in [-0.2, -0.15) is 0 Å². The Kier molecular flexibility index (Phi) is 5.35. The molecule has 2 N–H and O–H groups in total. The van der Waals surface area contributed by atoms with Gasteiger partial charge in [-0.1, -0.05) is 0 Å². The Morgan fingerprint density at radius 2 is 1.82 bits per heavy atom. The molecule has 28 heavy (non-hydrogen) atoms. The maximum absolute atomic E-state index is 13.3. The second kappa shape index (κ2) is 7.87. The van der Waals surface area contributed by atoms with Crippen molar-refractivity contribution in [3.8, 4) is 11.4 Å². The lowest BCUT2D eigenvalue weighted by Gasteiger charge is -2.09. The second-order valence-corrected chi connectivity index (χ2v) is 5.66. The Morgan fingerprint density at radius 3 is 2.46 bits per heavy atom. The summed E-state index contributed by atoms with van der Waals surface area (Å²) < 4.78 is 32.4. The molecular weight excluding hydrogens is 372 g/mol. The number of H-pyrrole nitrogens is 1. The second-order valence-electron chi connectivity index (χ2n) is 5.66. The van der Waals surface area contributed by atoms with Crippen LogP contribution >= 0.6 is 0 Å². The van der Waals surface area contributed by atoms with Crippen LogP contribution < -0.4 is 21.3 Å². The number of nitrogens with zero attached hydrogens (tertiary/aromatic N) is 1. The number of anilines is 1. The standard InChI is InChI=1S/C19H15F2N3O4/c1-2-28-13-6-4-12(5-7-13)24-18(26)14(10-22-19(24)27)17(25)23-11-3-8-15(20)16(21)9-11/h3-10H,2H2,1H3,(H,22,27)(H,23,25). The van der Waals surface area contributed by atoms with Crippen LogP contribution in [0, 0.1) is 11.6 Å². The molecule has 0 aliphatic rings. The van der Waals surface area contributed by atoms with Crippen LogP contribution in [-0.4, -0.2) is 22.1 Å². The first-order valence-electron chi connectivity index (χ1n) is 8.25. The molecule has 0 saturated heterocycles. The van der Waals surface area contributed by atoms with Crippen molar-refractivity contribution in [3.63, 3.8) is 0 Å². The van der Waals surface area contributed by atoms with Gasteiger partial charge in [0.05, 0.1) is 12.3 Å². The fourth-order valence-corrected chi connectivity index (χ4v) is 2.50. The number of carbonyl (C=O) groups is 1. The van der Waals surface area contributed by atoms with E-state index in [1.54, 1.807) is 12.1 Å². The highest BCUT2D eigenvalue weighted by Crippen LogP contribution is 2.15. The minimum atomic E-state index is -1.15. The number of halogens is 2. The van der Waals surface area contributed by atoms with Gasteiger partial charge in [0.1, 0.15) is 11.3 Å². The average molecular weight is 387 g/mol. The predicted molar refractivity (Wildman–Crippen MR) is 98.1 cm³/mol. The van der Waals surface area contributed by atoms with Crippen LogP contribution in [0.3, 0.4) is 0 Å². The lowest BCUT2D eigenvalue weighted by atomic mass is 10.2. The smallest absolute Gasteiger partial charge is 0.333 e. The zero-order valence-corrected chi connectivity index (χ0v) is 14.7. The maximum atomic E-state index is 13.3. The van der Waals surface area contributed by atoms with E-state index >= 15 is 0 Å². The van der Waals surface area contributed by atoms with E-state index in [1.807, 2.05) is 6.92 Å². The van der Waals surface area contributed by atoms with E-state index in [1.165, 1.54) is 12.1 Å². The van der Waals surface area contributed by atoms with Crippen molar-refractivity contribution in [2.45, 2.75) is 6.92 Å².